The number of carbonyl (C=O) groups excluding carboxylic acids is 2. The number of hydrogen-bond acceptors (Lipinski definition) is 9. The van der Waals surface area contributed by atoms with Crippen LogP contribution in [0.5, 0.6) is 0 Å². The highest BCUT2D eigenvalue weighted by Gasteiger charge is 2.31. The zero-order valence-corrected chi connectivity index (χ0v) is 21.9. The van der Waals surface area contributed by atoms with Gasteiger partial charge < -0.3 is 26.2 Å². The summed E-state index contributed by atoms with van der Waals surface area (Å²) in [6, 6.07) is 10.0. The lowest BCUT2D eigenvalue weighted by Gasteiger charge is -2.36. The summed E-state index contributed by atoms with van der Waals surface area (Å²) in [7, 11) is 0. The number of amides is 2. The molecule has 3 aromatic rings. The van der Waals surface area contributed by atoms with Gasteiger partial charge >= 0.3 is 0 Å². The van der Waals surface area contributed by atoms with E-state index in [2.05, 4.69) is 25.6 Å². The molecule has 2 atom stereocenters. The lowest BCUT2D eigenvalue weighted by molar-refractivity contribution is -0.118. The first-order valence-corrected chi connectivity index (χ1v) is 13.3. The van der Waals surface area contributed by atoms with Crippen LogP contribution in [0.15, 0.2) is 48.9 Å². The van der Waals surface area contributed by atoms with Crippen molar-refractivity contribution >= 4 is 40.6 Å². The SMILES string of the molecule is N#Cc1ccc(N2CC[C@@H](Nc3cc(Nc4ccc(N5CCCCCC5=O)cn4)ncc3C(N)=O)[C@H](F)C2)nc1. The number of aromatic nitrogens is 3. The topological polar surface area (TPSA) is 153 Å². The second kappa shape index (κ2) is 11.9. The first-order valence-electron chi connectivity index (χ1n) is 13.3. The fourth-order valence-corrected chi connectivity index (χ4v) is 4.96. The number of hydrogen-bond donors (Lipinski definition) is 3. The van der Waals surface area contributed by atoms with E-state index in [9.17, 15) is 9.59 Å². The van der Waals surface area contributed by atoms with E-state index in [4.69, 9.17) is 11.0 Å². The Kier molecular flexibility index (Phi) is 8.00. The fraction of sp³-hybridized carbons (Fsp3) is 0.357. The van der Waals surface area contributed by atoms with Gasteiger partial charge in [0.25, 0.3) is 5.91 Å². The summed E-state index contributed by atoms with van der Waals surface area (Å²) in [5, 5.41) is 15.2. The van der Waals surface area contributed by atoms with Crippen LogP contribution in [0, 0.1) is 11.3 Å². The Morgan fingerprint density at radius 3 is 2.60 bits per heavy atom. The minimum absolute atomic E-state index is 0.101. The average molecular weight is 544 g/mol. The highest BCUT2D eigenvalue weighted by molar-refractivity contribution is 5.98. The van der Waals surface area contributed by atoms with Crippen LogP contribution in [0.3, 0.4) is 0 Å². The number of primary amides is 1. The van der Waals surface area contributed by atoms with Gasteiger partial charge in [-0.25, -0.2) is 19.3 Å². The van der Waals surface area contributed by atoms with Crippen molar-refractivity contribution < 1.29 is 14.0 Å². The molecule has 2 fully saturated rings. The second-order valence-electron chi connectivity index (χ2n) is 9.88. The summed E-state index contributed by atoms with van der Waals surface area (Å²) in [6.45, 7) is 1.32. The molecule has 0 radical (unpaired) electrons. The van der Waals surface area contributed by atoms with Gasteiger partial charge in [-0.15, -0.1) is 0 Å². The van der Waals surface area contributed by atoms with E-state index in [0.29, 0.717) is 54.6 Å². The number of alkyl halides is 1. The number of carbonyl (C=O) groups is 2. The first kappa shape index (κ1) is 26.8. The molecule has 0 unspecified atom stereocenters. The first-order chi connectivity index (χ1) is 19.4. The molecule has 0 bridgehead atoms. The fourth-order valence-electron chi connectivity index (χ4n) is 4.96. The van der Waals surface area contributed by atoms with E-state index in [1.165, 1.54) is 12.4 Å². The van der Waals surface area contributed by atoms with Crippen LogP contribution in [0.4, 0.5) is 33.2 Å². The molecule has 0 aliphatic carbocycles. The van der Waals surface area contributed by atoms with Crippen molar-refractivity contribution in [2.45, 2.75) is 44.3 Å². The molecule has 2 aliphatic heterocycles. The number of halogens is 1. The summed E-state index contributed by atoms with van der Waals surface area (Å²) in [6.07, 6.45) is 7.09. The minimum atomic E-state index is -1.26. The van der Waals surface area contributed by atoms with E-state index in [-0.39, 0.29) is 18.0 Å². The van der Waals surface area contributed by atoms with Gasteiger partial charge in [-0.05, 0) is 43.5 Å². The predicted octanol–water partition coefficient (Wildman–Crippen LogP) is 3.52. The van der Waals surface area contributed by atoms with Crippen LogP contribution in [0.2, 0.25) is 0 Å². The van der Waals surface area contributed by atoms with E-state index >= 15 is 4.39 Å². The zero-order valence-electron chi connectivity index (χ0n) is 21.9. The number of anilines is 5. The molecular formula is C28H30FN9O2. The minimum Gasteiger partial charge on any atom is -0.378 e. The number of nitrogens with two attached hydrogens (primary N) is 1. The number of nitriles is 1. The molecule has 5 rings (SSSR count). The maximum atomic E-state index is 15.3. The Morgan fingerprint density at radius 2 is 1.90 bits per heavy atom. The van der Waals surface area contributed by atoms with Gasteiger partial charge in [0.1, 0.15) is 29.7 Å². The number of pyridine rings is 3. The molecule has 5 heterocycles. The standard InChI is InChI=1S/C28H30FN9O2/c29-21-17-37(26-8-5-18(13-30)14-34-26)11-9-22(21)35-23-12-25(33-16-20(23)28(31)40)36-24-7-6-19(15-32-24)38-10-3-1-2-4-27(38)39/h5-8,12,14-16,21-22H,1-4,9-11,17H2,(H2,31,40)(H2,32,33,35,36)/t21-,22-/m1/s1. The third-order valence-corrected chi connectivity index (χ3v) is 7.14. The van der Waals surface area contributed by atoms with Crippen LogP contribution >= 0.6 is 0 Å². The van der Waals surface area contributed by atoms with Crippen molar-refractivity contribution in [1.82, 2.24) is 15.0 Å². The molecule has 2 aliphatic rings. The van der Waals surface area contributed by atoms with Gasteiger partial charge in [0, 0.05) is 38.0 Å². The summed E-state index contributed by atoms with van der Waals surface area (Å²) in [5.74, 6) is 0.925. The molecule has 0 aromatic carbocycles. The van der Waals surface area contributed by atoms with Crippen molar-refractivity contribution in [3.63, 3.8) is 0 Å². The zero-order chi connectivity index (χ0) is 28.1. The molecule has 12 heteroatoms. The van der Waals surface area contributed by atoms with Crippen molar-refractivity contribution in [1.29, 1.82) is 5.26 Å². The Hall–Kier alpha value is -4.79. The summed E-state index contributed by atoms with van der Waals surface area (Å²) >= 11 is 0. The second-order valence-corrected chi connectivity index (χ2v) is 9.88. The smallest absolute Gasteiger partial charge is 0.252 e. The Morgan fingerprint density at radius 1 is 1.05 bits per heavy atom. The van der Waals surface area contributed by atoms with Crippen molar-refractivity contribution in [3.8, 4) is 6.07 Å². The van der Waals surface area contributed by atoms with Gasteiger partial charge in [-0.1, -0.05) is 6.42 Å². The third-order valence-electron chi connectivity index (χ3n) is 7.14. The lowest BCUT2D eigenvalue weighted by atomic mass is 10.0. The third kappa shape index (κ3) is 6.09. The van der Waals surface area contributed by atoms with Crippen LogP contribution in [0.1, 0.15) is 48.0 Å². The van der Waals surface area contributed by atoms with E-state index in [1.807, 2.05) is 17.0 Å². The number of nitrogens with one attached hydrogen (secondary N) is 2. The molecule has 11 nitrogen and oxygen atoms in total. The van der Waals surface area contributed by atoms with Gasteiger partial charge in [0.15, 0.2) is 0 Å². The van der Waals surface area contributed by atoms with Gasteiger partial charge in [-0.3, -0.25) is 9.59 Å². The quantitative estimate of drug-likeness (QED) is 0.406. The molecule has 0 saturated carbocycles. The predicted molar refractivity (Wildman–Crippen MR) is 149 cm³/mol. The molecule has 2 saturated heterocycles. The molecule has 2 amide bonds. The van der Waals surface area contributed by atoms with E-state index in [1.54, 1.807) is 35.4 Å². The lowest BCUT2D eigenvalue weighted by Crippen LogP contribution is -2.48. The monoisotopic (exact) mass is 543 g/mol. The summed E-state index contributed by atoms with van der Waals surface area (Å²) in [5.41, 5.74) is 7.28. The largest absolute Gasteiger partial charge is 0.378 e. The molecular weight excluding hydrogens is 513 g/mol. The molecule has 4 N–H and O–H groups in total. The Labute approximate surface area is 231 Å². The van der Waals surface area contributed by atoms with Crippen molar-refractivity contribution in [2.24, 2.45) is 5.73 Å². The van der Waals surface area contributed by atoms with Crippen LogP contribution in [0.25, 0.3) is 0 Å². The Balaban J connectivity index is 1.27. The average Bonchev–Trinajstić information content (AvgIpc) is 3.18. The van der Waals surface area contributed by atoms with Crippen LogP contribution in [-0.2, 0) is 4.79 Å². The van der Waals surface area contributed by atoms with E-state index in [0.717, 1.165) is 24.9 Å². The highest BCUT2D eigenvalue weighted by Crippen LogP contribution is 2.27. The van der Waals surface area contributed by atoms with Crippen molar-refractivity contribution in [2.75, 3.05) is 40.1 Å². The normalized spacial score (nSPS) is 19.4. The number of piperidine rings is 1. The van der Waals surface area contributed by atoms with Gasteiger partial charge in [0.05, 0.1) is 41.3 Å². The van der Waals surface area contributed by atoms with E-state index < -0.39 is 18.1 Å². The molecule has 206 valence electrons. The molecule has 40 heavy (non-hydrogen) atoms. The molecule has 0 spiro atoms. The summed E-state index contributed by atoms with van der Waals surface area (Å²) in [4.78, 5) is 41.0. The number of nitrogens with zero attached hydrogens (tertiary/aromatic N) is 6. The highest BCUT2D eigenvalue weighted by atomic mass is 19.1. The Bertz CT molecular complexity index is 1410. The maximum Gasteiger partial charge on any atom is 0.252 e. The number of rotatable bonds is 7. The summed E-state index contributed by atoms with van der Waals surface area (Å²) < 4.78 is 15.3. The van der Waals surface area contributed by atoms with Gasteiger partial charge in [-0.2, -0.15) is 5.26 Å². The van der Waals surface area contributed by atoms with Gasteiger partial charge in [0.2, 0.25) is 5.91 Å². The van der Waals surface area contributed by atoms with Crippen LogP contribution in [-0.4, -0.2) is 58.6 Å². The van der Waals surface area contributed by atoms with Crippen LogP contribution < -0.4 is 26.2 Å². The maximum absolute atomic E-state index is 15.3. The molecule has 3 aromatic heterocycles. The van der Waals surface area contributed by atoms with Crippen molar-refractivity contribution in [3.05, 3.63) is 60.0 Å².